The molecule has 0 fully saturated rings. The van der Waals surface area contributed by atoms with Crippen LogP contribution in [-0.4, -0.2) is 20.5 Å². The van der Waals surface area contributed by atoms with Crippen molar-refractivity contribution < 1.29 is 0 Å². The molecular formula is C5H6Si2. The molecule has 0 aromatic rings. The summed E-state index contributed by atoms with van der Waals surface area (Å²) < 4.78 is 0. The lowest BCUT2D eigenvalue weighted by Gasteiger charge is -1.78. The molecule has 0 saturated carbocycles. The number of hydrogen-bond donors (Lipinski definition) is 0. The van der Waals surface area contributed by atoms with Gasteiger partial charge in [0.25, 0.3) is 0 Å². The summed E-state index contributed by atoms with van der Waals surface area (Å²) in [5.41, 5.74) is 4.12. The molecule has 0 rings (SSSR count). The molecule has 0 aliphatic carbocycles. The van der Waals surface area contributed by atoms with Crippen molar-refractivity contribution in [3.63, 3.8) is 0 Å². The van der Waals surface area contributed by atoms with Gasteiger partial charge in [-0.2, -0.15) is 0 Å². The Hall–Kier alpha value is -0.0462. The highest BCUT2D eigenvalue weighted by atomic mass is 28.2. The van der Waals surface area contributed by atoms with E-state index in [-0.39, 0.29) is 0 Å². The van der Waals surface area contributed by atoms with Crippen molar-refractivity contribution in [2.45, 2.75) is 13.8 Å². The molecule has 0 aromatic heterocycles. The van der Waals surface area contributed by atoms with Gasteiger partial charge in [-0.05, 0) is 19.4 Å². The SMILES string of the molecule is CC(C)=C=C([Si])[Si]. The van der Waals surface area contributed by atoms with E-state index in [1.807, 2.05) is 13.8 Å². The maximum Gasteiger partial charge on any atom is 0.0694 e. The van der Waals surface area contributed by atoms with Gasteiger partial charge in [-0.1, -0.05) is 4.82 Å². The normalized spacial score (nSPS) is 7.43. The lowest BCUT2D eigenvalue weighted by molar-refractivity contribution is 1.41. The smallest absolute Gasteiger partial charge is 0.0694 e. The Kier molecular flexibility index (Phi) is 3.00. The highest BCUT2D eigenvalue weighted by molar-refractivity contribution is 6.47. The van der Waals surface area contributed by atoms with Gasteiger partial charge >= 0.3 is 0 Å². The first-order valence-corrected chi connectivity index (χ1v) is 3.00. The van der Waals surface area contributed by atoms with Crippen LogP contribution in [0.5, 0.6) is 0 Å². The van der Waals surface area contributed by atoms with Gasteiger partial charge in [-0.15, -0.1) is 5.73 Å². The summed E-state index contributed by atoms with van der Waals surface area (Å²) in [7, 11) is 6.44. The summed E-state index contributed by atoms with van der Waals surface area (Å²) in [6, 6.07) is 0. The van der Waals surface area contributed by atoms with Crippen LogP contribution in [0.1, 0.15) is 13.8 Å². The third kappa shape index (κ3) is 5.95. The van der Waals surface area contributed by atoms with E-state index < -0.39 is 0 Å². The summed E-state index contributed by atoms with van der Waals surface area (Å²) >= 11 is 0. The molecule has 0 N–H and O–H groups in total. The molecular weight excluding hydrogens is 116 g/mol. The molecule has 0 aliphatic heterocycles. The predicted octanol–water partition coefficient (Wildman–Crippen LogP) is 0.730. The van der Waals surface area contributed by atoms with Crippen LogP contribution in [0.2, 0.25) is 0 Å². The molecule has 0 spiro atoms. The maximum atomic E-state index is 3.22. The van der Waals surface area contributed by atoms with Crippen LogP contribution in [0, 0.1) is 0 Å². The Labute approximate surface area is 51.2 Å². The molecule has 0 unspecified atom stereocenters. The summed E-state index contributed by atoms with van der Waals surface area (Å²) in [5.74, 6) is 0. The van der Waals surface area contributed by atoms with E-state index >= 15 is 0 Å². The van der Waals surface area contributed by atoms with E-state index in [9.17, 15) is 0 Å². The summed E-state index contributed by atoms with van der Waals surface area (Å²) in [4.78, 5) is 0.861. The van der Waals surface area contributed by atoms with Crippen LogP contribution in [0.25, 0.3) is 0 Å². The van der Waals surface area contributed by atoms with Crippen LogP contribution in [0.3, 0.4) is 0 Å². The fraction of sp³-hybridized carbons (Fsp3) is 0.400. The van der Waals surface area contributed by atoms with Crippen LogP contribution < -0.4 is 0 Å². The zero-order chi connectivity index (χ0) is 5.86. The minimum absolute atomic E-state index is 0.861. The molecule has 0 heterocycles. The first-order chi connectivity index (χ1) is 3.13. The molecule has 0 nitrogen and oxygen atoms in total. The Morgan fingerprint density at radius 1 is 1.29 bits per heavy atom. The van der Waals surface area contributed by atoms with Gasteiger partial charge in [0.05, 0.1) is 20.5 Å². The zero-order valence-corrected chi connectivity index (χ0v) is 6.50. The number of allylic oxidation sites excluding steroid dienone is 1. The van der Waals surface area contributed by atoms with Crippen molar-refractivity contribution >= 4 is 20.5 Å². The van der Waals surface area contributed by atoms with E-state index in [4.69, 9.17) is 0 Å². The second-order valence-corrected chi connectivity index (χ2v) is 3.00. The Balaban J connectivity index is 4.13. The van der Waals surface area contributed by atoms with Gasteiger partial charge in [0.1, 0.15) is 0 Å². The molecule has 0 amide bonds. The van der Waals surface area contributed by atoms with Gasteiger partial charge in [0.2, 0.25) is 0 Å². The lowest BCUT2D eigenvalue weighted by atomic mass is 10.4. The monoisotopic (exact) mass is 122 g/mol. The average molecular weight is 122 g/mol. The van der Waals surface area contributed by atoms with Gasteiger partial charge in [-0.25, -0.2) is 0 Å². The number of hydrogen-bond acceptors (Lipinski definition) is 0. The Bertz CT molecular complexity index is 98.0. The first kappa shape index (κ1) is 6.95. The van der Waals surface area contributed by atoms with Crippen molar-refractivity contribution in [3.05, 3.63) is 16.1 Å². The van der Waals surface area contributed by atoms with Gasteiger partial charge in [0.15, 0.2) is 0 Å². The fourth-order valence-electron chi connectivity index (χ4n) is 0.250. The maximum absolute atomic E-state index is 3.22. The van der Waals surface area contributed by atoms with Crippen molar-refractivity contribution in [2.75, 3.05) is 0 Å². The second-order valence-electron chi connectivity index (χ2n) is 1.50. The van der Waals surface area contributed by atoms with Gasteiger partial charge in [0, 0.05) is 0 Å². The van der Waals surface area contributed by atoms with Crippen LogP contribution >= 0.6 is 0 Å². The molecule has 0 saturated heterocycles. The second kappa shape index (κ2) is 3.02. The third-order valence-corrected chi connectivity index (χ3v) is 0.625. The molecule has 0 bridgehead atoms. The molecule has 0 aliphatic rings. The molecule has 7 heavy (non-hydrogen) atoms. The van der Waals surface area contributed by atoms with Gasteiger partial charge < -0.3 is 0 Å². The molecule has 0 aromatic carbocycles. The molecule has 2 heteroatoms. The van der Waals surface area contributed by atoms with Gasteiger partial charge in [-0.3, -0.25) is 0 Å². The fourth-order valence-corrected chi connectivity index (χ4v) is 0.750. The summed E-state index contributed by atoms with van der Waals surface area (Å²) in [6.45, 7) is 3.97. The predicted molar refractivity (Wildman–Crippen MR) is 33.4 cm³/mol. The summed E-state index contributed by atoms with van der Waals surface area (Å²) in [5, 5.41) is 0. The highest BCUT2D eigenvalue weighted by Crippen LogP contribution is 1.83. The minimum atomic E-state index is 0.861. The van der Waals surface area contributed by atoms with E-state index in [1.54, 1.807) is 0 Å². The van der Waals surface area contributed by atoms with Crippen LogP contribution in [0.15, 0.2) is 16.1 Å². The topological polar surface area (TPSA) is 0 Å². The largest absolute Gasteiger partial charge is 0.134 e. The molecule has 0 atom stereocenters. The zero-order valence-electron chi connectivity index (χ0n) is 4.50. The summed E-state index contributed by atoms with van der Waals surface area (Å²) in [6.07, 6.45) is 0. The molecule has 6 radical (unpaired) electrons. The molecule has 34 valence electrons. The Morgan fingerprint density at radius 2 is 1.71 bits per heavy atom. The van der Waals surface area contributed by atoms with E-state index in [1.165, 1.54) is 0 Å². The first-order valence-electron chi connectivity index (χ1n) is 2.00. The minimum Gasteiger partial charge on any atom is -0.134 e. The van der Waals surface area contributed by atoms with Crippen molar-refractivity contribution in [2.24, 2.45) is 0 Å². The van der Waals surface area contributed by atoms with Crippen LogP contribution in [-0.2, 0) is 0 Å². The lowest BCUT2D eigenvalue weighted by Crippen LogP contribution is -1.73. The van der Waals surface area contributed by atoms with Crippen LogP contribution in [0.4, 0.5) is 0 Å². The quantitative estimate of drug-likeness (QED) is 0.328. The highest BCUT2D eigenvalue weighted by Gasteiger charge is 1.70. The van der Waals surface area contributed by atoms with E-state index in [2.05, 4.69) is 26.2 Å². The number of rotatable bonds is 0. The van der Waals surface area contributed by atoms with Crippen molar-refractivity contribution in [1.82, 2.24) is 0 Å². The Morgan fingerprint density at radius 3 is 1.71 bits per heavy atom. The van der Waals surface area contributed by atoms with E-state index in [0.717, 1.165) is 10.4 Å². The van der Waals surface area contributed by atoms with Crippen molar-refractivity contribution in [1.29, 1.82) is 0 Å². The van der Waals surface area contributed by atoms with E-state index in [0.29, 0.717) is 0 Å². The third-order valence-electron chi connectivity index (χ3n) is 0.375. The standard InChI is InChI=1S/C5H6Si2/c1-4(2)3-5(6)7/h1-2H3. The average Bonchev–Trinajstić information content (AvgIpc) is 1.27. The van der Waals surface area contributed by atoms with Crippen molar-refractivity contribution in [3.8, 4) is 0 Å².